The van der Waals surface area contributed by atoms with Crippen LogP contribution in [-0.2, 0) is 5.54 Å². The zero-order chi connectivity index (χ0) is 17.4. The summed E-state index contributed by atoms with van der Waals surface area (Å²) in [5.74, 6) is -1.09. The Balaban J connectivity index is 2.60. The highest BCUT2D eigenvalue weighted by molar-refractivity contribution is 8.22. The van der Waals surface area contributed by atoms with Crippen LogP contribution in [0.15, 0.2) is 29.8 Å². The van der Waals surface area contributed by atoms with E-state index in [1.165, 1.54) is 38.2 Å². The maximum atomic E-state index is 14.3. The third-order valence-electron chi connectivity index (χ3n) is 3.59. The number of aliphatic imine (C=N–C) groups is 1. The number of nitrogens with zero attached hydrogens (tertiary/aromatic N) is 2. The zero-order valence-corrected chi connectivity index (χ0v) is 13.5. The molecule has 9 heteroatoms. The minimum absolute atomic E-state index is 0.132. The average Bonchev–Trinajstić information content (AvgIpc) is 2.43. The van der Waals surface area contributed by atoms with Gasteiger partial charge in [0, 0.05) is 12.6 Å². The van der Waals surface area contributed by atoms with Gasteiger partial charge in [0.05, 0.1) is 5.75 Å². The first-order chi connectivity index (χ1) is 10.6. The molecule has 1 aliphatic rings. The van der Waals surface area contributed by atoms with Gasteiger partial charge in [0.1, 0.15) is 11.4 Å². The van der Waals surface area contributed by atoms with E-state index in [4.69, 9.17) is 5.11 Å². The number of carboxylic acid groups (broad SMARTS) is 1. The lowest BCUT2D eigenvalue weighted by molar-refractivity contribution is 0.199. The normalized spacial score (nSPS) is 24.6. The number of benzene rings is 1. The minimum Gasteiger partial charge on any atom is -0.465 e. The first-order valence-corrected chi connectivity index (χ1v) is 8.28. The number of halogens is 1. The Morgan fingerprint density at radius 3 is 2.78 bits per heavy atom. The number of rotatable bonds is 2. The molecule has 1 aromatic carbocycles. The van der Waals surface area contributed by atoms with Gasteiger partial charge in [-0.15, -0.1) is 10.8 Å². The van der Waals surface area contributed by atoms with Crippen LogP contribution < -0.4 is 5.32 Å². The SMILES string of the molecule is C=Cc1ccc(F)c(C2(C)CS(O)(O)N(C)C(NC(=O)O)=N2)c1. The summed E-state index contributed by atoms with van der Waals surface area (Å²) in [4.78, 5) is 15.1. The molecule has 0 aliphatic carbocycles. The van der Waals surface area contributed by atoms with Gasteiger partial charge in [0.15, 0.2) is 0 Å². The van der Waals surface area contributed by atoms with E-state index < -0.39 is 28.2 Å². The molecule has 0 aromatic heterocycles. The maximum absolute atomic E-state index is 14.3. The van der Waals surface area contributed by atoms with Crippen molar-refractivity contribution in [3.05, 3.63) is 41.7 Å². The third kappa shape index (κ3) is 3.31. The molecule has 7 nitrogen and oxygen atoms in total. The lowest BCUT2D eigenvalue weighted by atomic mass is 9.92. The van der Waals surface area contributed by atoms with Gasteiger partial charge in [0.25, 0.3) is 0 Å². The van der Waals surface area contributed by atoms with Crippen molar-refractivity contribution in [3.8, 4) is 0 Å². The number of guanidine groups is 1. The summed E-state index contributed by atoms with van der Waals surface area (Å²) in [6.45, 7) is 5.13. The molecule has 0 bridgehead atoms. The number of hydrogen-bond donors (Lipinski definition) is 4. The molecule has 23 heavy (non-hydrogen) atoms. The van der Waals surface area contributed by atoms with Crippen LogP contribution in [0.1, 0.15) is 18.1 Å². The highest BCUT2D eigenvalue weighted by atomic mass is 32.3. The molecule has 0 saturated carbocycles. The standard InChI is InChI=1S/C14H18FN3O4S/c1-4-9-5-6-11(15)10(7-9)14(2)8-23(21,22)18(3)12(17-14)16-13(19)20/h4-7,21-22H,1,8H2,2-3H3,(H,16,17)(H,19,20). The van der Waals surface area contributed by atoms with Gasteiger partial charge >= 0.3 is 6.09 Å². The predicted molar refractivity (Wildman–Crippen MR) is 87.9 cm³/mol. The molecule has 1 aromatic rings. The van der Waals surface area contributed by atoms with Crippen LogP contribution in [0.5, 0.6) is 0 Å². The second kappa shape index (κ2) is 5.84. The summed E-state index contributed by atoms with van der Waals surface area (Å²) in [5, 5.41) is 10.9. The molecule has 1 atom stereocenters. The Hall–Kier alpha value is -2.10. The Labute approximate surface area is 134 Å². The first kappa shape index (κ1) is 17.3. The Kier molecular flexibility index (Phi) is 4.38. The van der Waals surface area contributed by atoms with Gasteiger partial charge < -0.3 is 5.11 Å². The lowest BCUT2D eigenvalue weighted by Crippen LogP contribution is -2.51. The molecular weight excluding hydrogens is 325 g/mol. The maximum Gasteiger partial charge on any atom is 0.411 e. The number of hydrogen-bond acceptors (Lipinski definition) is 5. The summed E-state index contributed by atoms with van der Waals surface area (Å²) < 4.78 is 35.7. The van der Waals surface area contributed by atoms with Crippen molar-refractivity contribution in [2.24, 2.45) is 4.99 Å². The molecule has 0 fully saturated rings. The monoisotopic (exact) mass is 343 g/mol. The quantitative estimate of drug-likeness (QED) is 0.661. The van der Waals surface area contributed by atoms with E-state index in [2.05, 4.69) is 11.6 Å². The van der Waals surface area contributed by atoms with Gasteiger partial charge in [0.2, 0.25) is 5.96 Å². The Morgan fingerprint density at radius 1 is 1.57 bits per heavy atom. The summed E-state index contributed by atoms with van der Waals surface area (Å²) in [6, 6.07) is 4.27. The van der Waals surface area contributed by atoms with E-state index in [1.807, 2.05) is 5.32 Å². The van der Waals surface area contributed by atoms with Crippen LogP contribution in [0, 0.1) is 5.82 Å². The molecule has 0 radical (unpaired) electrons. The van der Waals surface area contributed by atoms with Crippen molar-refractivity contribution in [3.63, 3.8) is 0 Å². The molecule has 2 rings (SSSR count). The molecule has 1 heterocycles. The first-order valence-electron chi connectivity index (χ1n) is 6.61. The molecule has 1 aliphatic heterocycles. The molecule has 4 N–H and O–H groups in total. The van der Waals surface area contributed by atoms with E-state index in [1.54, 1.807) is 0 Å². The Morgan fingerprint density at radius 2 is 2.22 bits per heavy atom. The van der Waals surface area contributed by atoms with E-state index in [0.29, 0.717) is 5.56 Å². The largest absolute Gasteiger partial charge is 0.465 e. The van der Waals surface area contributed by atoms with Gasteiger partial charge in [-0.25, -0.2) is 18.5 Å². The topological polar surface area (TPSA) is 105 Å². The number of nitrogens with one attached hydrogen (secondary N) is 1. The highest BCUT2D eigenvalue weighted by Crippen LogP contribution is 2.51. The fourth-order valence-electron chi connectivity index (χ4n) is 2.37. The van der Waals surface area contributed by atoms with Crippen molar-refractivity contribution >= 4 is 28.9 Å². The molecule has 1 unspecified atom stereocenters. The highest BCUT2D eigenvalue weighted by Gasteiger charge is 2.42. The number of carbonyl (C=O) groups is 1. The van der Waals surface area contributed by atoms with Crippen molar-refractivity contribution in [2.75, 3.05) is 12.8 Å². The minimum atomic E-state index is -3.36. The van der Waals surface area contributed by atoms with Crippen molar-refractivity contribution in [1.29, 1.82) is 0 Å². The van der Waals surface area contributed by atoms with E-state index in [-0.39, 0.29) is 17.3 Å². The number of amides is 1. The van der Waals surface area contributed by atoms with Crippen LogP contribution in [0.2, 0.25) is 0 Å². The second-order valence-corrected chi connectivity index (χ2v) is 7.46. The zero-order valence-electron chi connectivity index (χ0n) is 12.7. The Bertz CT molecular complexity index is 695. The molecular formula is C14H18FN3O4S. The van der Waals surface area contributed by atoms with E-state index in [9.17, 15) is 18.3 Å². The summed E-state index contributed by atoms with van der Waals surface area (Å²) in [5.41, 5.74) is -0.569. The summed E-state index contributed by atoms with van der Waals surface area (Å²) in [6.07, 6.45) is 0.120. The van der Waals surface area contributed by atoms with Crippen LogP contribution in [0.4, 0.5) is 9.18 Å². The van der Waals surface area contributed by atoms with Gasteiger partial charge in [-0.3, -0.25) is 14.4 Å². The van der Waals surface area contributed by atoms with E-state index >= 15 is 0 Å². The van der Waals surface area contributed by atoms with Crippen LogP contribution in [0.25, 0.3) is 6.08 Å². The second-order valence-electron chi connectivity index (χ2n) is 5.36. The van der Waals surface area contributed by atoms with Crippen LogP contribution in [-0.4, -0.2) is 43.4 Å². The fourth-order valence-corrected chi connectivity index (χ4v) is 3.90. The summed E-state index contributed by atoms with van der Waals surface area (Å²) >= 11 is 0. The van der Waals surface area contributed by atoms with Crippen LogP contribution in [0.3, 0.4) is 0 Å². The van der Waals surface area contributed by atoms with Gasteiger partial charge in [-0.1, -0.05) is 18.7 Å². The third-order valence-corrected chi connectivity index (χ3v) is 5.59. The van der Waals surface area contributed by atoms with Crippen molar-refractivity contribution < 1.29 is 23.4 Å². The van der Waals surface area contributed by atoms with E-state index in [0.717, 1.165) is 4.31 Å². The van der Waals surface area contributed by atoms with Crippen molar-refractivity contribution in [1.82, 2.24) is 9.62 Å². The van der Waals surface area contributed by atoms with Gasteiger partial charge in [-0.2, -0.15) is 0 Å². The summed E-state index contributed by atoms with van der Waals surface area (Å²) in [7, 11) is -2.06. The van der Waals surface area contributed by atoms with Crippen LogP contribution >= 0.6 is 10.8 Å². The lowest BCUT2D eigenvalue weighted by Gasteiger charge is -2.49. The molecule has 0 spiro atoms. The smallest absolute Gasteiger partial charge is 0.411 e. The van der Waals surface area contributed by atoms with Gasteiger partial charge in [-0.05, 0) is 24.6 Å². The fraction of sp³-hybridized carbons (Fsp3) is 0.286. The molecule has 0 saturated heterocycles. The molecule has 126 valence electrons. The molecule has 1 amide bonds. The van der Waals surface area contributed by atoms with Crippen molar-refractivity contribution in [2.45, 2.75) is 12.5 Å². The predicted octanol–water partition coefficient (Wildman–Crippen LogP) is 2.92. The average molecular weight is 343 g/mol.